The summed E-state index contributed by atoms with van der Waals surface area (Å²) in [6.45, 7) is 4.16. The molecule has 5 heteroatoms. The van der Waals surface area contributed by atoms with Crippen LogP contribution >= 0.6 is 15.9 Å². The first-order chi connectivity index (χ1) is 10.2. The Morgan fingerprint density at radius 1 is 1.14 bits per heavy atom. The topological polar surface area (TPSA) is 38.1 Å². The smallest absolute Gasteiger partial charge is 0.274 e. The molecule has 2 heterocycles. The lowest BCUT2D eigenvalue weighted by atomic mass is 10.1. The standard InChI is InChI=1S/C16H20BrN3O/c17-14-5-6-15-13(11-14)12-18-20(16(15)21)10-4-9-19-7-2-1-3-8-19/h5-6,11-12H,1-4,7-10H2. The van der Waals surface area contributed by atoms with Crippen LogP contribution in [-0.4, -0.2) is 34.3 Å². The number of aryl methyl sites for hydroxylation is 1. The molecule has 0 atom stereocenters. The Morgan fingerprint density at radius 3 is 2.76 bits per heavy atom. The molecule has 0 N–H and O–H groups in total. The van der Waals surface area contributed by atoms with Gasteiger partial charge >= 0.3 is 0 Å². The van der Waals surface area contributed by atoms with Gasteiger partial charge in [0.1, 0.15) is 0 Å². The van der Waals surface area contributed by atoms with Gasteiger partial charge < -0.3 is 4.90 Å². The summed E-state index contributed by atoms with van der Waals surface area (Å²) in [5, 5.41) is 5.93. The number of piperidine rings is 1. The fraction of sp³-hybridized carbons (Fsp3) is 0.500. The van der Waals surface area contributed by atoms with Crippen molar-refractivity contribution in [3.8, 4) is 0 Å². The number of nitrogens with zero attached hydrogens (tertiary/aromatic N) is 3. The molecule has 0 bridgehead atoms. The van der Waals surface area contributed by atoms with Gasteiger partial charge in [0.2, 0.25) is 0 Å². The number of hydrogen-bond acceptors (Lipinski definition) is 3. The van der Waals surface area contributed by atoms with Crippen molar-refractivity contribution < 1.29 is 0 Å². The maximum absolute atomic E-state index is 12.4. The van der Waals surface area contributed by atoms with E-state index in [2.05, 4.69) is 25.9 Å². The van der Waals surface area contributed by atoms with Gasteiger partial charge in [-0.3, -0.25) is 4.79 Å². The lowest BCUT2D eigenvalue weighted by Gasteiger charge is -2.26. The first-order valence-electron chi connectivity index (χ1n) is 7.62. The average Bonchev–Trinajstić information content (AvgIpc) is 2.50. The second-order valence-corrected chi connectivity index (χ2v) is 6.58. The van der Waals surface area contributed by atoms with Crippen LogP contribution in [0.4, 0.5) is 0 Å². The maximum atomic E-state index is 12.4. The van der Waals surface area contributed by atoms with E-state index in [1.165, 1.54) is 32.4 Å². The van der Waals surface area contributed by atoms with E-state index in [0.29, 0.717) is 6.54 Å². The first-order valence-corrected chi connectivity index (χ1v) is 8.41. The van der Waals surface area contributed by atoms with Gasteiger partial charge in [0.15, 0.2) is 0 Å². The minimum atomic E-state index is 0.0126. The van der Waals surface area contributed by atoms with E-state index < -0.39 is 0 Å². The molecule has 0 spiro atoms. The number of fused-ring (bicyclic) bond motifs is 1. The van der Waals surface area contributed by atoms with Gasteiger partial charge in [-0.1, -0.05) is 22.4 Å². The van der Waals surface area contributed by atoms with E-state index in [-0.39, 0.29) is 5.56 Å². The third-order valence-corrected chi connectivity index (χ3v) is 4.60. The van der Waals surface area contributed by atoms with E-state index in [9.17, 15) is 4.79 Å². The van der Waals surface area contributed by atoms with E-state index in [1.54, 1.807) is 10.9 Å². The van der Waals surface area contributed by atoms with Crippen molar-refractivity contribution in [3.63, 3.8) is 0 Å². The fourth-order valence-electron chi connectivity index (χ4n) is 2.94. The minimum Gasteiger partial charge on any atom is -0.303 e. The van der Waals surface area contributed by atoms with Crippen LogP contribution in [0, 0.1) is 0 Å². The highest BCUT2D eigenvalue weighted by Crippen LogP contribution is 2.16. The van der Waals surface area contributed by atoms with E-state index >= 15 is 0 Å². The highest BCUT2D eigenvalue weighted by Gasteiger charge is 2.10. The highest BCUT2D eigenvalue weighted by molar-refractivity contribution is 9.10. The number of aromatic nitrogens is 2. The molecule has 0 aliphatic carbocycles. The summed E-state index contributed by atoms with van der Waals surface area (Å²) < 4.78 is 2.57. The van der Waals surface area contributed by atoms with Crippen LogP contribution in [0.2, 0.25) is 0 Å². The fourth-order valence-corrected chi connectivity index (χ4v) is 3.32. The molecule has 4 nitrogen and oxygen atoms in total. The SMILES string of the molecule is O=c1c2ccc(Br)cc2cnn1CCCN1CCCCC1. The molecule has 0 saturated carbocycles. The Kier molecular flexibility index (Phi) is 4.70. The van der Waals surface area contributed by atoms with Crippen LogP contribution in [0.15, 0.2) is 33.7 Å². The molecule has 1 aromatic carbocycles. The molecule has 0 radical (unpaired) electrons. The average molecular weight is 350 g/mol. The summed E-state index contributed by atoms with van der Waals surface area (Å²) in [6, 6.07) is 5.70. The number of rotatable bonds is 4. The quantitative estimate of drug-likeness (QED) is 0.851. The van der Waals surface area contributed by atoms with Crippen LogP contribution in [-0.2, 0) is 6.54 Å². The van der Waals surface area contributed by atoms with E-state index in [4.69, 9.17) is 0 Å². The van der Waals surface area contributed by atoms with Gasteiger partial charge in [0.25, 0.3) is 5.56 Å². The normalized spacial score (nSPS) is 16.4. The summed E-state index contributed by atoms with van der Waals surface area (Å²) in [7, 11) is 0. The van der Waals surface area contributed by atoms with E-state index in [0.717, 1.165) is 28.2 Å². The zero-order chi connectivity index (χ0) is 14.7. The molecular formula is C16H20BrN3O. The first kappa shape index (κ1) is 14.7. The molecule has 21 heavy (non-hydrogen) atoms. The molecule has 112 valence electrons. The monoisotopic (exact) mass is 349 g/mol. The molecule has 1 fully saturated rings. The maximum Gasteiger partial charge on any atom is 0.274 e. The van der Waals surface area contributed by atoms with Crippen molar-refractivity contribution in [1.82, 2.24) is 14.7 Å². The third-order valence-electron chi connectivity index (χ3n) is 4.11. The Balaban J connectivity index is 1.68. The molecular weight excluding hydrogens is 330 g/mol. The lowest BCUT2D eigenvalue weighted by Crippen LogP contribution is -2.32. The molecule has 2 aromatic rings. The van der Waals surface area contributed by atoms with Crippen molar-refractivity contribution in [3.05, 3.63) is 39.2 Å². The molecule has 3 rings (SSSR count). The minimum absolute atomic E-state index is 0.0126. The summed E-state index contributed by atoms with van der Waals surface area (Å²) >= 11 is 3.42. The molecule has 0 unspecified atom stereocenters. The van der Waals surface area contributed by atoms with Gasteiger partial charge in [-0.15, -0.1) is 0 Å². The van der Waals surface area contributed by atoms with Crippen LogP contribution in [0.1, 0.15) is 25.7 Å². The van der Waals surface area contributed by atoms with Gasteiger partial charge in [0, 0.05) is 16.4 Å². The molecule has 1 aliphatic heterocycles. The summed E-state index contributed by atoms with van der Waals surface area (Å²) in [5.74, 6) is 0. The number of likely N-dealkylation sites (tertiary alicyclic amines) is 1. The molecule has 1 aromatic heterocycles. The number of halogens is 1. The van der Waals surface area contributed by atoms with Gasteiger partial charge in [-0.25, -0.2) is 4.68 Å². The number of benzene rings is 1. The summed E-state index contributed by atoms with van der Waals surface area (Å²) in [6.07, 6.45) is 6.74. The van der Waals surface area contributed by atoms with Crippen LogP contribution in [0.3, 0.4) is 0 Å². The van der Waals surface area contributed by atoms with Crippen molar-refractivity contribution in [2.75, 3.05) is 19.6 Å². The largest absolute Gasteiger partial charge is 0.303 e. The summed E-state index contributed by atoms with van der Waals surface area (Å²) in [5.41, 5.74) is 0.0126. The van der Waals surface area contributed by atoms with Gasteiger partial charge in [-0.05, 0) is 57.1 Å². The highest BCUT2D eigenvalue weighted by atomic mass is 79.9. The molecule has 1 saturated heterocycles. The van der Waals surface area contributed by atoms with Gasteiger partial charge in [0.05, 0.1) is 11.6 Å². The van der Waals surface area contributed by atoms with Crippen LogP contribution in [0.5, 0.6) is 0 Å². The Labute approximate surface area is 132 Å². The predicted molar refractivity (Wildman–Crippen MR) is 88.6 cm³/mol. The third kappa shape index (κ3) is 3.52. The second-order valence-electron chi connectivity index (χ2n) is 5.66. The zero-order valence-electron chi connectivity index (χ0n) is 12.1. The van der Waals surface area contributed by atoms with E-state index in [1.807, 2.05) is 18.2 Å². The van der Waals surface area contributed by atoms with Crippen molar-refractivity contribution >= 4 is 26.7 Å². The second kappa shape index (κ2) is 6.71. The Morgan fingerprint density at radius 2 is 1.95 bits per heavy atom. The zero-order valence-corrected chi connectivity index (χ0v) is 13.7. The van der Waals surface area contributed by atoms with Crippen molar-refractivity contribution in [2.45, 2.75) is 32.2 Å². The predicted octanol–water partition coefficient (Wildman–Crippen LogP) is 3.04. The van der Waals surface area contributed by atoms with Crippen molar-refractivity contribution in [2.24, 2.45) is 0 Å². The van der Waals surface area contributed by atoms with Gasteiger partial charge in [-0.2, -0.15) is 5.10 Å². The Hall–Kier alpha value is -1.20. The summed E-state index contributed by atoms with van der Waals surface area (Å²) in [4.78, 5) is 14.9. The molecule has 1 aliphatic rings. The lowest BCUT2D eigenvalue weighted by molar-refractivity contribution is 0.221. The van der Waals surface area contributed by atoms with Crippen LogP contribution in [0.25, 0.3) is 10.8 Å². The van der Waals surface area contributed by atoms with Crippen molar-refractivity contribution in [1.29, 1.82) is 0 Å². The number of hydrogen-bond donors (Lipinski definition) is 0. The Bertz CT molecular complexity index is 677. The van der Waals surface area contributed by atoms with Crippen LogP contribution < -0.4 is 5.56 Å². The molecule has 0 amide bonds.